The van der Waals surface area contributed by atoms with E-state index in [9.17, 15) is 14.7 Å². The summed E-state index contributed by atoms with van der Waals surface area (Å²) < 4.78 is 5.17. The van der Waals surface area contributed by atoms with E-state index in [0.717, 1.165) is 11.3 Å². The summed E-state index contributed by atoms with van der Waals surface area (Å²) in [4.78, 5) is 25.4. The molecule has 1 saturated carbocycles. The predicted octanol–water partition coefficient (Wildman–Crippen LogP) is 4.62. The van der Waals surface area contributed by atoms with Crippen molar-refractivity contribution < 1.29 is 19.4 Å². The number of aliphatic hydroxyl groups is 1. The van der Waals surface area contributed by atoms with Crippen LogP contribution in [0.25, 0.3) is 0 Å². The number of hydrogen-bond donors (Lipinski definition) is 3. The van der Waals surface area contributed by atoms with Crippen molar-refractivity contribution in [3.63, 3.8) is 0 Å². The Hall–Kier alpha value is -3.28. The van der Waals surface area contributed by atoms with Gasteiger partial charge in [0, 0.05) is 12.1 Å². The number of carbonyl (C=O) groups excluding carboxylic acids is 2. The third kappa shape index (κ3) is 4.49. The van der Waals surface area contributed by atoms with E-state index >= 15 is 0 Å². The molecule has 4 rings (SSSR count). The lowest BCUT2D eigenvalue weighted by molar-refractivity contribution is -0.121. The molecule has 0 bridgehead atoms. The van der Waals surface area contributed by atoms with Crippen LogP contribution in [0.15, 0.2) is 59.9 Å². The van der Waals surface area contributed by atoms with Gasteiger partial charge in [0.1, 0.15) is 17.1 Å². The summed E-state index contributed by atoms with van der Waals surface area (Å²) in [6, 6.07) is 15.2. The van der Waals surface area contributed by atoms with E-state index in [2.05, 4.69) is 10.6 Å². The molecule has 3 N–H and O–H groups in total. The Morgan fingerprint density at radius 2 is 1.75 bits per heavy atom. The van der Waals surface area contributed by atoms with Crippen LogP contribution < -0.4 is 15.4 Å². The van der Waals surface area contributed by atoms with Crippen LogP contribution >= 0.6 is 0 Å². The molecule has 6 heteroatoms. The molecule has 0 spiro atoms. The fourth-order valence-electron chi connectivity index (χ4n) is 4.71. The van der Waals surface area contributed by atoms with Crippen molar-refractivity contribution in [3.05, 3.63) is 71.0 Å². The Balaban J connectivity index is 1.47. The highest BCUT2D eigenvalue weighted by molar-refractivity contribution is 6.24. The van der Waals surface area contributed by atoms with Crippen molar-refractivity contribution in [1.29, 1.82) is 0 Å². The van der Waals surface area contributed by atoms with Crippen molar-refractivity contribution in [1.82, 2.24) is 5.32 Å². The molecule has 0 radical (unpaired) electrons. The average molecular weight is 435 g/mol. The molecular formula is C26H30N2O4. The molecule has 1 atom stereocenters. The van der Waals surface area contributed by atoms with Gasteiger partial charge in [-0.1, -0.05) is 43.5 Å². The van der Waals surface area contributed by atoms with E-state index in [-0.39, 0.29) is 11.3 Å². The van der Waals surface area contributed by atoms with Crippen molar-refractivity contribution in [3.8, 4) is 5.75 Å². The van der Waals surface area contributed by atoms with Crippen LogP contribution in [0.4, 0.5) is 5.69 Å². The standard InChI is InChI=1S/C26H30N2O4/c1-26(16-17-8-14-21(32-2)15-9-17)23(29)22(25(31)28-26)24(30)27-20-12-10-19(11-13-20)18-6-4-3-5-7-18/h8-15,18,29H,3-7,16H2,1-2H3,(H,27,30)(H,28,31). The highest BCUT2D eigenvalue weighted by Gasteiger charge is 2.44. The molecule has 2 aromatic carbocycles. The number of hydrogen-bond acceptors (Lipinski definition) is 4. The first-order chi connectivity index (χ1) is 15.4. The Morgan fingerprint density at radius 3 is 2.38 bits per heavy atom. The summed E-state index contributed by atoms with van der Waals surface area (Å²) in [5, 5.41) is 16.3. The van der Waals surface area contributed by atoms with Gasteiger partial charge >= 0.3 is 0 Å². The van der Waals surface area contributed by atoms with Crippen LogP contribution in [-0.2, 0) is 16.0 Å². The van der Waals surface area contributed by atoms with Crippen LogP contribution in [-0.4, -0.2) is 29.6 Å². The number of nitrogens with one attached hydrogen (secondary N) is 2. The van der Waals surface area contributed by atoms with Crippen LogP contribution in [0.5, 0.6) is 5.75 Å². The zero-order chi connectivity index (χ0) is 22.7. The molecule has 1 unspecified atom stereocenters. The maximum atomic E-state index is 12.8. The molecule has 2 aliphatic rings. The van der Waals surface area contributed by atoms with Crippen LogP contribution in [0, 0.1) is 0 Å². The van der Waals surface area contributed by atoms with Gasteiger partial charge in [-0.3, -0.25) is 9.59 Å². The molecule has 1 aliphatic carbocycles. The number of amides is 2. The maximum absolute atomic E-state index is 12.8. The number of carbonyl (C=O) groups is 2. The van der Waals surface area contributed by atoms with Crippen molar-refractivity contribution >= 4 is 17.5 Å². The van der Waals surface area contributed by atoms with Gasteiger partial charge in [-0.2, -0.15) is 0 Å². The molecule has 32 heavy (non-hydrogen) atoms. The largest absolute Gasteiger partial charge is 0.509 e. The number of aliphatic hydroxyl groups excluding tert-OH is 1. The second kappa shape index (κ2) is 9.07. The Labute approximate surface area is 188 Å². The third-order valence-electron chi connectivity index (χ3n) is 6.56. The zero-order valence-corrected chi connectivity index (χ0v) is 18.6. The van der Waals surface area contributed by atoms with E-state index in [1.165, 1.54) is 37.7 Å². The predicted molar refractivity (Wildman–Crippen MR) is 124 cm³/mol. The van der Waals surface area contributed by atoms with Gasteiger partial charge in [0.2, 0.25) is 0 Å². The summed E-state index contributed by atoms with van der Waals surface area (Å²) in [5.41, 5.74) is 1.50. The first-order valence-electron chi connectivity index (χ1n) is 11.2. The minimum absolute atomic E-state index is 0.239. The summed E-state index contributed by atoms with van der Waals surface area (Å²) in [6.07, 6.45) is 6.60. The highest BCUT2D eigenvalue weighted by atomic mass is 16.5. The highest BCUT2D eigenvalue weighted by Crippen LogP contribution is 2.33. The van der Waals surface area contributed by atoms with Crippen LogP contribution in [0.1, 0.15) is 56.1 Å². The molecule has 0 aromatic heterocycles. The van der Waals surface area contributed by atoms with Crippen molar-refractivity contribution in [2.24, 2.45) is 0 Å². The molecule has 6 nitrogen and oxygen atoms in total. The van der Waals surface area contributed by atoms with E-state index < -0.39 is 17.4 Å². The summed E-state index contributed by atoms with van der Waals surface area (Å²) in [5.74, 6) is -0.114. The normalized spacial score (nSPS) is 21.4. The molecule has 0 saturated heterocycles. The first-order valence-corrected chi connectivity index (χ1v) is 11.2. The Morgan fingerprint density at radius 1 is 1.09 bits per heavy atom. The second-order valence-electron chi connectivity index (χ2n) is 8.95. The van der Waals surface area contributed by atoms with Gasteiger partial charge in [0.15, 0.2) is 0 Å². The molecular weight excluding hydrogens is 404 g/mol. The van der Waals surface area contributed by atoms with Gasteiger partial charge < -0.3 is 20.5 Å². The molecule has 1 heterocycles. The fraction of sp³-hybridized carbons (Fsp3) is 0.385. The average Bonchev–Trinajstić information content (AvgIpc) is 3.03. The second-order valence-corrected chi connectivity index (χ2v) is 8.95. The van der Waals surface area contributed by atoms with Crippen molar-refractivity contribution in [2.45, 2.75) is 56.9 Å². The van der Waals surface area contributed by atoms with Crippen LogP contribution in [0.2, 0.25) is 0 Å². The fourth-order valence-corrected chi connectivity index (χ4v) is 4.71. The van der Waals surface area contributed by atoms with Gasteiger partial charge in [0.25, 0.3) is 11.8 Å². The summed E-state index contributed by atoms with van der Waals surface area (Å²) >= 11 is 0. The molecule has 1 aliphatic heterocycles. The van der Waals surface area contributed by atoms with Gasteiger partial charge in [-0.15, -0.1) is 0 Å². The quantitative estimate of drug-likeness (QED) is 0.579. The van der Waals surface area contributed by atoms with Crippen molar-refractivity contribution in [2.75, 3.05) is 12.4 Å². The minimum atomic E-state index is -1.05. The molecule has 2 aromatic rings. The number of ether oxygens (including phenoxy) is 1. The van der Waals surface area contributed by atoms with E-state index in [4.69, 9.17) is 4.74 Å². The minimum Gasteiger partial charge on any atom is -0.509 e. The first kappa shape index (κ1) is 21.9. The summed E-state index contributed by atoms with van der Waals surface area (Å²) in [6.45, 7) is 1.71. The SMILES string of the molecule is COc1ccc(CC2(C)NC(=O)C(C(=O)Nc3ccc(C4CCCCC4)cc3)=C2O)cc1. The monoisotopic (exact) mass is 434 g/mol. The lowest BCUT2D eigenvalue weighted by Gasteiger charge is -2.24. The Bertz CT molecular complexity index is 1020. The molecule has 2 amide bonds. The van der Waals surface area contributed by atoms with E-state index in [1.54, 1.807) is 14.0 Å². The van der Waals surface area contributed by atoms with Gasteiger partial charge in [0.05, 0.1) is 12.6 Å². The Kier molecular flexibility index (Phi) is 6.21. The smallest absolute Gasteiger partial charge is 0.264 e. The van der Waals surface area contributed by atoms with Gasteiger partial charge in [-0.05, 0) is 61.1 Å². The van der Waals surface area contributed by atoms with E-state index in [1.807, 2.05) is 48.5 Å². The number of benzene rings is 2. The number of rotatable bonds is 6. The zero-order valence-electron chi connectivity index (χ0n) is 18.6. The van der Waals surface area contributed by atoms with Gasteiger partial charge in [-0.25, -0.2) is 0 Å². The maximum Gasteiger partial charge on any atom is 0.264 e. The molecule has 168 valence electrons. The number of methoxy groups -OCH3 is 1. The lowest BCUT2D eigenvalue weighted by Crippen LogP contribution is -2.43. The van der Waals surface area contributed by atoms with Crippen LogP contribution in [0.3, 0.4) is 0 Å². The number of anilines is 1. The summed E-state index contributed by atoms with van der Waals surface area (Å²) in [7, 11) is 1.59. The third-order valence-corrected chi connectivity index (χ3v) is 6.56. The molecule has 1 fully saturated rings. The lowest BCUT2D eigenvalue weighted by atomic mass is 9.84. The van der Waals surface area contributed by atoms with E-state index in [0.29, 0.717) is 18.0 Å². The topological polar surface area (TPSA) is 87.7 Å².